The van der Waals surface area contributed by atoms with Crippen molar-refractivity contribution < 1.29 is 24.2 Å². The number of hydrogen-bond donors (Lipinski definition) is 0. The first kappa shape index (κ1) is 56.8. The maximum atomic E-state index is 5.79. The van der Waals surface area contributed by atoms with E-state index in [-0.39, 0.29) is 46.5 Å². The second kappa shape index (κ2) is 25.0. The summed E-state index contributed by atoms with van der Waals surface area (Å²) in [5.74, 6) is 0. The number of hydrogen-bond acceptors (Lipinski definition) is 0. The third kappa shape index (κ3) is 16.2. The molecule has 6 aromatic carbocycles. The third-order valence-corrected chi connectivity index (χ3v) is 11.1. The Labute approximate surface area is 425 Å². The molecule has 0 unspecified atom stereocenters. The number of halogens is 4. The van der Waals surface area contributed by atoms with Crippen LogP contribution in [0.25, 0.3) is 33.4 Å². The minimum atomic E-state index is 0. The maximum absolute atomic E-state index is 5.79. The van der Waals surface area contributed by atoms with E-state index in [4.69, 9.17) is 23.2 Å². The zero-order valence-electron chi connectivity index (χ0n) is 39.9. The Bertz CT molecular complexity index is 2230. The van der Waals surface area contributed by atoms with E-state index >= 15 is 0 Å². The Morgan fingerprint density at radius 1 is 0.500 bits per heavy atom. The van der Waals surface area contributed by atoms with Crippen LogP contribution in [0.15, 0.2) is 133 Å². The fourth-order valence-corrected chi connectivity index (χ4v) is 7.66. The molecule has 0 aliphatic heterocycles. The number of fused-ring (bicyclic) bond motifs is 3. The SMILES string of the molecule is CC(C)(C)c1[c-]c2c(cc1C(C)(C)C)-c1cc(C(C)(C)C)c(C(C)(C)C)cc1C2.Cl.Cl.Clc1ccc(-c2cc[c-]cc2)cc1.Clc1ccc(-c2cc[c-]cc2)cc1.[C-]1=CC=CC1.[CH2]=[Zr]. The molecule has 6 aromatic rings. The van der Waals surface area contributed by atoms with Crippen LogP contribution in [-0.4, -0.2) is 4.21 Å². The average Bonchev–Trinajstić information content (AvgIpc) is 3.93. The summed E-state index contributed by atoms with van der Waals surface area (Å²) < 4.78 is 3.34. The second-order valence-corrected chi connectivity index (χ2v) is 20.6. The van der Waals surface area contributed by atoms with Gasteiger partial charge in [0.15, 0.2) is 0 Å². The van der Waals surface area contributed by atoms with Crippen LogP contribution in [-0.2, 0) is 52.3 Å². The van der Waals surface area contributed by atoms with Crippen LogP contribution < -0.4 is 0 Å². The summed E-state index contributed by atoms with van der Waals surface area (Å²) in [5.41, 5.74) is 16.7. The van der Waals surface area contributed by atoms with Crippen LogP contribution in [0.2, 0.25) is 10.0 Å². The van der Waals surface area contributed by atoms with Crippen molar-refractivity contribution >= 4 is 52.2 Å². The van der Waals surface area contributed by atoms with Crippen molar-refractivity contribution in [2.75, 3.05) is 0 Å². The summed E-state index contributed by atoms with van der Waals surface area (Å²) >= 11 is 12.9. The molecule has 338 valence electrons. The van der Waals surface area contributed by atoms with Gasteiger partial charge in [-0.15, -0.1) is 59.1 Å². The standard InChI is InChI=1S/C29H41.2C12H8Cl.C5H5.CH2.2ClH.Zr/c1-26(2,3)22-14-18-13-19-15-23(27(4,5)6)25(29(10,11)12)17-21(19)20(18)16-24(22)28(7,8)9;2*13-12-8-6-11(7-9-12)10-4-2-1-3-5-10;1-2-4-5-3-1;;;;/h14,16-17H,13H2,1-12H3;2*2-9H;1-3H,4H2;1H2;2*1H;/q4*-1;;;;. The molecule has 0 spiro atoms. The predicted molar refractivity (Wildman–Crippen MR) is 283 cm³/mol. The molecule has 2 aliphatic rings. The van der Waals surface area contributed by atoms with Crippen molar-refractivity contribution in [3.63, 3.8) is 0 Å². The van der Waals surface area contributed by atoms with Crippen LogP contribution in [0.1, 0.15) is 123 Å². The van der Waals surface area contributed by atoms with Gasteiger partial charge in [-0.05, 0) is 74.7 Å². The van der Waals surface area contributed by atoms with E-state index in [0.29, 0.717) is 0 Å². The molecule has 64 heavy (non-hydrogen) atoms. The molecule has 0 heterocycles. The van der Waals surface area contributed by atoms with E-state index < -0.39 is 0 Å². The van der Waals surface area contributed by atoms with Crippen molar-refractivity contribution in [3.05, 3.63) is 201 Å². The zero-order valence-corrected chi connectivity index (χ0v) is 45.5. The van der Waals surface area contributed by atoms with Gasteiger partial charge in [-0.25, -0.2) is 12.2 Å². The van der Waals surface area contributed by atoms with Crippen molar-refractivity contribution in [1.82, 2.24) is 0 Å². The molecule has 0 fully saturated rings. The van der Waals surface area contributed by atoms with E-state index in [0.717, 1.165) is 22.9 Å². The van der Waals surface area contributed by atoms with Crippen molar-refractivity contribution in [1.29, 1.82) is 0 Å². The summed E-state index contributed by atoms with van der Waals surface area (Å²) in [5, 5.41) is 1.54. The van der Waals surface area contributed by atoms with E-state index in [1.54, 1.807) is 0 Å². The molecule has 0 aromatic heterocycles. The fraction of sp³-hybridized carbons (Fsp3) is 0.305. The Kier molecular flexibility index (Phi) is 22.2. The predicted octanol–water partition coefficient (Wildman–Crippen LogP) is 18.0. The average molecular weight is 1010 g/mol. The molecule has 0 saturated carbocycles. The molecular weight excluding hydrogens is 942 g/mol. The first-order chi connectivity index (χ1) is 29.1. The van der Waals surface area contributed by atoms with Crippen LogP contribution >= 0.6 is 48.0 Å². The first-order valence-corrected chi connectivity index (χ1v) is 23.9. The molecular formula is C59H66Cl4Zr-4. The number of rotatable bonds is 2. The van der Waals surface area contributed by atoms with Crippen molar-refractivity contribution in [2.45, 2.75) is 118 Å². The van der Waals surface area contributed by atoms with Gasteiger partial charge in [0.05, 0.1) is 0 Å². The Hall–Kier alpha value is -3.29. The molecule has 0 atom stereocenters. The normalized spacial score (nSPS) is 12.1. The first-order valence-electron chi connectivity index (χ1n) is 21.4. The Balaban J connectivity index is 0.000000333. The molecule has 2 aliphatic carbocycles. The van der Waals surface area contributed by atoms with Gasteiger partial charge in [-0.1, -0.05) is 154 Å². The molecule has 5 heteroatoms. The zero-order chi connectivity index (χ0) is 45.9. The molecule has 0 saturated heterocycles. The monoisotopic (exact) mass is 1000 g/mol. The third-order valence-electron chi connectivity index (χ3n) is 10.6. The molecule has 0 N–H and O–H groups in total. The summed E-state index contributed by atoms with van der Waals surface area (Å²) in [6.07, 6.45) is 11.0. The topological polar surface area (TPSA) is 0 Å². The molecule has 8 rings (SSSR count). The van der Waals surface area contributed by atoms with E-state index in [9.17, 15) is 0 Å². The number of benzene rings is 6. The van der Waals surface area contributed by atoms with Gasteiger partial charge in [-0.2, -0.15) is 84.4 Å². The molecule has 0 amide bonds. The van der Waals surface area contributed by atoms with E-state index in [1.807, 2.05) is 109 Å². The van der Waals surface area contributed by atoms with Crippen LogP contribution in [0, 0.1) is 24.3 Å². The van der Waals surface area contributed by atoms with Gasteiger partial charge in [0, 0.05) is 10.0 Å². The van der Waals surface area contributed by atoms with Gasteiger partial charge in [0.25, 0.3) is 0 Å². The van der Waals surface area contributed by atoms with Gasteiger partial charge in [0.2, 0.25) is 0 Å². The van der Waals surface area contributed by atoms with Crippen molar-refractivity contribution in [2.24, 2.45) is 0 Å². The number of allylic oxidation sites excluding steroid dienone is 4. The van der Waals surface area contributed by atoms with Gasteiger partial charge < -0.3 is 0 Å². The van der Waals surface area contributed by atoms with Crippen LogP contribution in [0.4, 0.5) is 0 Å². The van der Waals surface area contributed by atoms with Crippen LogP contribution in [0.5, 0.6) is 0 Å². The molecule has 0 nitrogen and oxygen atoms in total. The van der Waals surface area contributed by atoms with E-state index in [2.05, 4.69) is 136 Å². The second-order valence-electron chi connectivity index (χ2n) is 19.8. The molecule has 0 radical (unpaired) electrons. The Morgan fingerprint density at radius 3 is 1.23 bits per heavy atom. The minimum absolute atomic E-state index is 0. The summed E-state index contributed by atoms with van der Waals surface area (Å²) in [4.78, 5) is 0. The van der Waals surface area contributed by atoms with Gasteiger partial charge in [0.1, 0.15) is 0 Å². The van der Waals surface area contributed by atoms with Gasteiger partial charge >= 0.3 is 28.4 Å². The summed E-state index contributed by atoms with van der Waals surface area (Å²) in [6, 6.07) is 48.7. The van der Waals surface area contributed by atoms with E-state index in [1.165, 1.54) is 91.0 Å². The van der Waals surface area contributed by atoms with Crippen molar-refractivity contribution in [3.8, 4) is 33.4 Å². The van der Waals surface area contributed by atoms with Crippen LogP contribution in [0.3, 0.4) is 0 Å². The summed E-state index contributed by atoms with van der Waals surface area (Å²) in [6.45, 7) is 28.0. The fourth-order valence-electron chi connectivity index (χ4n) is 7.41. The summed E-state index contributed by atoms with van der Waals surface area (Å²) in [7, 11) is 0. The van der Waals surface area contributed by atoms with Gasteiger partial charge in [-0.3, -0.25) is 6.08 Å². The quantitative estimate of drug-likeness (QED) is 0.151. The Morgan fingerprint density at radius 2 is 0.891 bits per heavy atom. The molecule has 0 bridgehead atoms.